The smallest absolute Gasteiger partial charge is 0.168 e. The topological polar surface area (TPSA) is 94.3 Å². The molecule has 1 aliphatic heterocycles. The molecule has 0 radical (unpaired) electrons. The minimum Gasteiger partial charge on any atom is -0.454 e. The minimum atomic E-state index is -0.808. The van der Waals surface area contributed by atoms with Crippen LogP contribution in [-0.2, 0) is 10.2 Å². The van der Waals surface area contributed by atoms with Gasteiger partial charge in [0.2, 0.25) is 0 Å². The Hall–Kier alpha value is -2.97. The fourth-order valence-corrected chi connectivity index (χ4v) is 5.14. The molecule has 6 rings (SSSR count). The average molecular weight is 476 g/mol. The zero-order valence-electron chi connectivity index (χ0n) is 20.4. The lowest BCUT2D eigenvalue weighted by atomic mass is 9.84. The van der Waals surface area contributed by atoms with Gasteiger partial charge in [-0.05, 0) is 70.6 Å². The van der Waals surface area contributed by atoms with E-state index < -0.39 is 5.60 Å². The van der Waals surface area contributed by atoms with Crippen LogP contribution in [0.15, 0.2) is 42.9 Å². The first-order valence-corrected chi connectivity index (χ1v) is 12.7. The van der Waals surface area contributed by atoms with Crippen molar-refractivity contribution < 1.29 is 14.6 Å². The van der Waals surface area contributed by atoms with Gasteiger partial charge in [-0.25, -0.2) is 4.98 Å². The highest BCUT2D eigenvalue weighted by Gasteiger charge is 2.56. The summed E-state index contributed by atoms with van der Waals surface area (Å²) in [5.41, 5.74) is 1.76. The second kappa shape index (κ2) is 8.60. The number of anilines is 2. The summed E-state index contributed by atoms with van der Waals surface area (Å²) in [5.74, 6) is 2.59. The predicted molar refractivity (Wildman–Crippen MR) is 132 cm³/mol. The van der Waals surface area contributed by atoms with Gasteiger partial charge in [0.25, 0.3) is 0 Å². The van der Waals surface area contributed by atoms with Crippen LogP contribution in [0.3, 0.4) is 0 Å². The van der Waals surface area contributed by atoms with Crippen molar-refractivity contribution in [3.05, 3.63) is 54.2 Å². The molecule has 0 atom stereocenters. The highest BCUT2D eigenvalue weighted by Crippen LogP contribution is 2.55. The Morgan fingerprint density at radius 1 is 1.09 bits per heavy atom. The molecule has 0 aromatic carbocycles. The number of rotatable bonds is 8. The van der Waals surface area contributed by atoms with Crippen LogP contribution in [0.4, 0.5) is 11.5 Å². The quantitative estimate of drug-likeness (QED) is 0.460. The Kier molecular flexibility index (Phi) is 5.53. The molecular formula is C27H33N5O3. The van der Waals surface area contributed by atoms with Crippen molar-refractivity contribution in [2.75, 3.05) is 18.5 Å². The predicted octanol–water partition coefficient (Wildman–Crippen LogP) is 5.24. The van der Waals surface area contributed by atoms with E-state index in [1.807, 2.05) is 38.1 Å². The second-order valence-corrected chi connectivity index (χ2v) is 10.7. The normalized spacial score (nSPS) is 20.0. The fraction of sp³-hybridized carbons (Fsp3) is 0.519. The summed E-state index contributed by atoms with van der Waals surface area (Å²) in [6.45, 7) is 5.27. The molecule has 0 spiro atoms. The highest BCUT2D eigenvalue weighted by molar-refractivity contribution is 5.58. The first-order valence-electron chi connectivity index (χ1n) is 12.7. The van der Waals surface area contributed by atoms with E-state index in [9.17, 15) is 5.11 Å². The lowest BCUT2D eigenvalue weighted by molar-refractivity contribution is 0.0365. The van der Waals surface area contributed by atoms with Crippen LogP contribution in [0.25, 0.3) is 0 Å². The van der Waals surface area contributed by atoms with Gasteiger partial charge in [-0.2, -0.15) is 5.10 Å². The van der Waals surface area contributed by atoms with E-state index in [0.29, 0.717) is 17.8 Å². The Labute approximate surface area is 205 Å². The summed E-state index contributed by atoms with van der Waals surface area (Å²) >= 11 is 0. The van der Waals surface area contributed by atoms with Gasteiger partial charge in [0.15, 0.2) is 5.75 Å². The van der Waals surface area contributed by atoms with Crippen LogP contribution < -0.4 is 10.1 Å². The van der Waals surface area contributed by atoms with Crippen LogP contribution in [0.2, 0.25) is 0 Å². The highest BCUT2D eigenvalue weighted by atomic mass is 16.5. The largest absolute Gasteiger partial charge is 0.454 e. The molecule has 3 fully saturated rings. The number of nitrogens with one attached hydrogen (secondary N) is 1. The molecule has 0 unspecified atom stereocenters. The van der Waals surface area contributed by atoms with Crippen molar-refractivity contribution in [3.8, 4) is 11.5 Å². The van der Waals surface area contributed by atoms with Gasteiger partial charge in [-0.3, -0.25) is 9.67 Å². The summed E-state index contributed by atoms with van der Waals surface area (Å²) < 4.78 is 14.0. The summed E-state index contributed by atoms with van der Waals surface area (Å²) in [5, 5.41) is 19.0. The molecule has 0 amide bonds. The molecule has 35 heavy (non-hydrogen) atoms. The standard InChI is InChI=1S/C27H33N5O3/c1-26(2,33)27(9-10-27)23-15-19(5-11-28-23)30-24-16-21(6-12-29-24)35-22-17-32(20-3-4-20)31-25(22)18-7-13-34-14-8-18/h5-6,11-12,15-18,20,33H,3-4,7-10,13-14H2,1-2H3,(H,28,29,30). The number of pyridine rings is 2. The molecule has 8 nitrogen and oxygen atoms in total. The van der Waals surface area contributed by atoms with Crippen molar-refractivity contribution in [1.29, 1.82) is 0 Å². The Morgan fingerprint density at radius 2 is 1.86 bits per heavy atom. The van der Waals surface area contributed by atoms with Gasteiger partial charge in [-0.1, -0.05) is 0 Å². The van der Waals surface area contributed by atoms with Crippen LogP contribution in [-0.4, -0.2) is 43.7 Å². The number of nitrogens with zero attached hydrogens (tertiary/aromatic N) is 4. The molecule has 3 aliphatic rings. The van der Waals surface area contributed by atoms with Gasteiger partial charge in [-0.15, -0.1) is 0 Å². The van der Waals surface area contributed by atoms with Gasteiger partial charge in [0, 0.05) is 48.7 Å². The lowest BCUT2D eigenvalue weighted by Gasteiger charge is -2.29. The van der Waals surface area contributed by atoms with Crippen LogP contribution in [0.1, 0.15) is 75.7 Å². The van der Waals surface area contributed by atoms with E-state index in [2.05, 4.69) is 26.2 Å². The van der Waals surface area contributed by atoms with E-state index in [4.69, 9.17) is 14.6 Å². The van der Waals surface area contributed by atoms with Crippen molar-refractivity contribution in [1.82, 2.24) is 19.7 Å². The maximum Gasteiger partial charge on any atom is 0.168 e. The average Bonchev–Trinajstić information content (AvgIpc) is 3.77. The van der Waals surface area contributed by atoms with Crippen molar-refractivity contribution in [3.63, 3.8) is 0 Å². The molecule has 0 bridgehead atoms. The molecule has 2 N–H and O–H groups in total. The first-order chi connectivity index (χ1) is 16.9. The summed E-state index contributed by atoms with van der Waals surface area (Å²) in [7, 11) is 0. The number of aliphatic hydroxyl groups is 1. The van der Waals surface area contributed by atoms with E-state index >= 15 is 0 Å². The monoisotopic (exact) mass is 475 g/mol. The van der Waals surface area contributed by atoms with Gasteiger partial charge in [0.05, 0.1) is 23.5 Å². The van der Waals surface area contributed by atoms with E-state index in [1.54, 1.807) is 12.4 Å². The summed E-state index contributed by atoms with van der Waals surface area (Å²) in [6.07, 6.45) is 11.8. The van der Waals surface area contributed by atoms with Gasteiger partial charge < -0.3 is 19.9 Å². The second-order valence-electron chi connectivity index (χ2n) is 10.7. The van der Waals surface area contributed by atoms with Crippen LogP contribution in [0.5, 0.6) is 11.5 Å². The zero-order chi connectivity index (χ0) is 24.0. The molecule has 1 saturated heterocycles. The number of hydrogen-bond acceptors (Lipinski definition) is 7. The van der Waals surface area contributed by atoms with Crippen LogP contribution in [0, 0.1) is 0 Å². The van der Waals surface area contributed by atoms with Crippen molar-refractivity contribution in [2.24, 2.45) is 0 Å². The van der Waals surface area contributed by atoms with Gasteiger partial charge in [0.1, 0.15) is 17.3 Å². The Bertz CT molecular complexity index is 1200. The maximum atomic E-state index is 10.7. The van der Waals surface area contributed by atoms with Crippen molar-refractivity contribution >= 4 is 11.5 Å². The minimum absolute atomic E-state index is 0.272. The third-order valence-electron chi connectivity index (χ3n) is 7.66. The molecule has 3 aromatic heterocycles. The third-order valence-corrected chi connectivity index (χ3v) is 7.66. The number of ether oxygens (including phenoxy) is 2. The Balaban J connectivity index is 1.22. The fourth-order valence-electron chi connectivity index (χ4n) is 5.14. The van der Waals surface area contributed by atoms with Gasteiger partial charge >= 0.3 is 0 Å². The molecule has 4 heterocycles. The summed E-state index contributed by atoms with van der Waals surface area (Å²) in [4.78, 5) is 9.06. The molecule has 2 saturated carbocycles. The lowest BCUT2D eigenvalue weighted by Crippen LogP contribution is -2.36. The molecule has 2 aliphatic carbocycles. The molecule has 8 heteroatoms. The number of aromatic nitrogens is 4. The number of hydrogen-bond donors (Lipinski definition) is 2. The maximum absolute atomic E-state index is 10.7. The third kappa shape index (κ3) is 4.52. The first kappa shape index (κ1) is 22.5. The zero-order valence-corrected chi connectivity index (χ0v) is 20.4. The molecular weight excluding hydrogens is 442 g/mol. The van der Waals surface area contributed by atoms with Crippen molar-refractivity contribution in [2.45, 2.75) is 75.3 Å². The summed E-state index contributed by atoms with van der Waals surface area (Å²) in [6, 6.07) is 8.22. The van der Waals surface area contributed by atoms with Crippen LogP contribution >= 0.6 is 0 Å². The Morgan fingerprint density at radius 3 is 2.57 bits per heavy atom. The van der Waals surface area contributed by atoms with E-state index in [1.165, 1.54) is 12.8 Å². The molecule has 184 valence electrons. The van der Waals surface area contributed by atoms with E-state index in [-0.39, 0.29) is 5.41 Å². The SMILES string of the molecule is CC(C)(O)C1(c2cc(Nc3cc(Oc4cn(C5CC5)nc4C4CCOCC4)ccn3)ccn2)CC1. The molecule has 3 aromatic rings. The van der Waals surface area contributed by atoms with E-state index in [0.717, 1.165) is 67.5 Å².